The average molecular weight is 300 g/mol. The first kappa shape index (κ1) is 17.3. The molecule has 1 rings (SSSR count). The first-order valence-electron chi connectivity index (χ1n) is 7.52. The number of hydrogen-bond donors (Lipinski definition) is 0. The number of rotatable bonds is 8. The van der Waals surface area contributed by atoms with Gasteiger partial charge < -0.3 is 4.90 Å². The summed E-state index contributed by atoms with van der Waals surface area (Å²) in [5, 5.41) is 0. The molecule has 0 N–H and O–H groups in total. The van der Waals surface area contributed by atoms with Crippen molar-refractivity contribution in [3.05, 3.63) is 29.6 Å². The lowest BCUT2D eigenvalue weighted by Crippen LogP contribution is -2.27. The number of anilines is 1. The Morgan fingerprint density at radius 3 is 2.00 bits per heavy atom. The van der Waals surface area contributed by atoms with Crippen molar-refractivity contribution in [1.29, 1.82) is 0 Å². The molecule has 0 aliphatic heterocycles. The molecule has 0 saturated heterocycles. The van der Waals surface area contributed by atoms with Crippen LogP contribution >= 0.6 is 11.6 Å². The highest BCUT2D eigenvalue weighted by Gasteiger charge is 2.11. The smallest absolute Gasteiger partial charge is 0.125 e. The van der Waals surface area contributed by atoms with Gasteiger partial charge in [0.05, 0.1) is 0 Å². The summed E-state index contributed by atoms with van der Waals surface area (Å²) < 4.78 is 13.7. The zero-order chi connectivity index (χ0) is 15.1. The van der Waals surface area contributed by atoms with Crippen LogP contribution in [-0.2, 0) is 5.88 Å². The number of halogens is 2. The lowest BCUT2D eigenvalue weighted by Gasteiger charge is -2.27. The van der Waals surface area contributed by atoms with Gasteiger partial charge in [0.25, 0.3) is 0 Å². The van der Waals surface area contributed by atoms with E-state index in [0.717, 1.165) is 37.2 Å². The maximum Gasteiger partial charge on any atom is 0.125 e. The van der Waals surface area contributed by atoms with Gasteiger partial charge in [-0.15, -0.1) is 11.6 Å². The van der Waals surface area contributed by atoms with E-state index >= 15 is 0 Å². The summed E-state index contributed by atoms with van der Waals surface area (Å²) in [5.41, 5.74) is 1.81. The zero-order valence-electron chi connectivity index (χ0n) is 13.1. The molecule has 1 aromatic rings. The van der Waals surface area contributed by atoms with Crippen LogP contribution in [-0.4, -0.2) is 13.1 Å². The second kappa shape index (κ2) is 8.51. The molecule has 0 bridgehead atoms. The van der Waals surface area contributed by atoms with Gasteiger partial charge in [-0.3, -0.25) is 0 Å². The van der Waals surface area contributed by atoms with E-state index in [-0.39, 0.29) is 5.82 Å². The lowest BCUT2D eigenvalue weighted by atomic mass is 10.1. The number of benzene rings is 1. The minimum Gasteiger partial charge on any atom is -0.371 e. The molecular formula is C17H27ClFN. The monoisotopic (exact) mass is 299 g/mol. The molecule has 3 heteroatoms. The minimum atomic E-state index is -0.197. The van der Waals surface area contributed by atoms with Crippen molar-refractivity contribution in [3.63, 3.8) is 0 Å². The summed E-state index contributed by atoms with van der Waals surface area (Å²) in [6, 6.07) is 5.15. The van der Waals surface area contributed by atoms with E-state index in [1.807, 2.05) is 6.07 Å². The van der Waals surface area contributed by atoms with E-state index in [1.54, 1.807) is 6.07 Å². The largest absolute Gasteiger partial charge is 0.371 e. The van der Waals surface area contributed by atoms with Gasteiger partial charge in [-0.25, -0.2) is 4.39 Å². The van der Waals surface area contributed by atoms with E-state index in [2.05, 4.69) is 32.6 Å². The molecule has 0 spiro atoms. The second-order valence-corrected chi connectivity index (χ2v) is 6.57. The van der Waals surface area contributed by atoms with Crippen LogP contribution in [0.15, 0.2) is 18.2 Å². The summed E-state index contributed by atoms with van der Waals surface area (Å²) >= 11 is 5.85. The zero-order valence-corrected chi connectivity index (χ0v) is 13.9. The highest BCUT2D eigenvalue weighted by molar-refractivity contribution is 6.17. The summed E-state index contributed by atoms with van der Waals surface area (Å²) in [6.45, 7) is 10.8. The van der Waals surface area contributed by atoms with Crippen molar-refractivity contribution in [2.75, 3.05) is 18.0 Å². The van der Waals surface area contributed by atoms with Crippen LogP contribution in [0, 0.1) is 17.7 Å². The molecule has 0 radical (unpaired) electrons. The molecule has 0 unspecified atom stereocenters. The van der Waals surface area contributed by atoms with Gasteiger partial charge in [-0.2, -0.15) is 0 Å². The van der Waals surface area contributed by atoms with Crippen molar-refractivity contribution >= 4 is 17.3 Å². The highest BCUT2D eigenvalue weighted by atomic mass is 35.5. The molecule has 114 valence electrons. The number of hydrogen-bond acceptors (Lipinski definition) is 1. The minimum absolute atomic E-state index is 0.197. The summed E-state index contributed by atoms with van der Waals surface area (Å²) in [7, 11) is 0. The van der Waals surface area contributed by atoms with Gasteiger partial charge in [0.2, 0.25) is 0 Å². The maximum atomic E-state index is 13.7. The Balaban J connectivity index is 2.86. The third kappa shape index (κ3) is 6.13. The first-order chi connectivity index (χ1) is 9.42. The third-order valence-electron chi connectivity index (χ3n) is 3.41. The van der Waals surface area contributed by atoms with E-state index in [9.17, 15) is 4.39 Å². The molecule has 1 aromatic carbocycles. The number of nitrogens with zero attached hydrogens (tertiary/aromatic N) is 1. The van der Waals surface area contributed by atoms with Gasteiger partial charge in [0.15, 0.2) is 0 Å². The van der Waals surface area contributed by atoms with Gasteiger partial charge in [-0.05, 0) is 48.4 Å². The van der Waals surface area contributed by atoms with Crippen molar-refractivity contribution in [1.82, 2.24) is 0 Å². The quantitative estimate of drug-likeness (QED) is 0.576. The fraction of sp³-hybridized carbons (Fsp3) is 0.647. The molecule has 0 aromatic heterocycles. The predicted molar refractivity (Wildman–Crippen MR) is 87.1 cm³/mol. The van der Waals surface area contributed by atoms with Crippen molar-refractivity contribution in [2.24, 2.45) is 11.8 Å². The Hall–Kier alpha value is -0.760. The van der Waals surface area contributed by atoms with Gasteiger partial charge >= 0.3 is 0 Å². The van der Waals surface area contributed by atoms with Crippen LogP contribution in [0.1, 0.15) is 46.1 Å². The maximum absolute atomic E-state index is 13.7. The van der Waals surface area contributed by atoms with Crippen LogP contribution in [0.4, 0.5) is 10.1 Å². The molecule has 0 amide bonds. The Bertz CT molecular complexity index is 392. The molecule has 1 nitrogen and oxygen atoms in total. The van der Waals surface area contributed by atoms with E-state index in [1.165, 1.54) is 6.07 Å². The van der Waals surface area contributed by atoms with E-state index in [0.29, 0.717) is 17.7 Å². The fourth-order valence-electron chi connectivity index (χ4n) is 2.09. The highest BCUT2D eigenvalue weighted by Crippen LogP contribution is 2.22. The van der Waals surface area contributed by atoms with Crippen molar-refractivity contribution < 1.29 is 4.39 Å². The summed E-state index contributed by atoms with van der Waals surface area (Å²) in [5.74, 6) is 1.46. The Morgan fingerprint density at radius 1 is 1.00 bits per heavy atom. The van der Waals surface area contributed by atoms with Crippen LogP contribution in [0.2, 0.25) is 0 Å². The Kier molecular flexibility index (Phi) is 7.36. The molecular weight excluding hydrogens is 273 g/mol. The molecule has 0 fully saturated rings. The number of alkyl halides is 1. The van der Waals surface area contributed by atoms with Gasteiger partial charge in [0, 0.05) is 24.7 Å². The molecule has 0 saturated carbocycles. The molecule has 0 heterocycles. The second-order valence-electron chi connectivity index (χ2n) is 6.30. The van der Waals surface area contributed by atoms with E-state index < -0.39 is 0 Å². The first-order valence-corrected chi connectivity index (χ1v) is 8.06. The van der Waals surface area contributed by atoms with Gasteiger partial charge in [-0.1, -0.05) is 27.7 Å². The standard InChI is InChI=1S/C17H27ClFN/c1-13(2)5-7-20(8-6-14(3)4)17-10-15(12-18)9-16(19)11-17/h9-11,13-14H,5-8,12H2,1-4H3. The molecule has 20 heavy (non-hydrogen) atoms. The predicted octanol–water partition coefficient (Wildman–Crippen LogP) is 5.46. The summed E-state index contributed by atoms with van der Waals surface area (Å²) in [4.78, 5) is 2.29. The summed E-state index contributed by atoms with van der Waals surface area (Å²) in [6.07, 6.45) is 2.23. The molecule has 0 atom stereocenters. The molecule has 0 aliphatic rings. The Labute approximate surface area is 128 Å². The van der Waals surface area contributed by atoms with Crippen LogP contribution in [0.5, 0.6) is 0 Å². The average Bonchev–Trinajstić information content (AvgIpc) is 2.37. The van der Waals surface area contributed by atoms with E-state index in [4.69, 9.17) is 11.6 Å². The fourth-order valence-corrected chi connectivity index (χ4v) is 2.25. The topological polar surface area (TPSA) is 3.24 Å². The normalized spacial score (nSPS) is 11.4. The van der Waals surface area contributed by atoms with Crippen LogP contribution < -0.4 is 4.90 Å². The molecule has 0 aliphatic carbocycles. The van der Waals surface area contributed by atoms with Crippen molar-refractivity contribution in [3.8, 4) is 0 Å². The van der Waals surface area contributed by atoms with Gasteiger partial charge in [0.1, 0.15) is 5.82 Å². The van der Waals surface area contributed by atoms with Crippen molar-refractivity contribution in [2.45, 2.75) is 46.4 Å². The SMILES string of the molecule is CC(C)CCN(CCC(C)C)c1cc(F)cc(CCl)c1. The van der Waals surface area contributed by atoms with Crippen LogP contribution in [0.3, 0.4) is 0 Å². The lowest BCUT2D eigenvalue weighted by molar-refractivity contribution is 0.534. The van der Waals surface area contributed by atoms with Crippen LogP contribution in [0.25, 0.3) is 0 Å². The third-order valence-corrected chi connectivity index (χ3v) is 3.72. The Morgan fingerprint density at radius 2 is 1.55 bits per heavy atom.